The third-order valence-electron chi connectivity index (χ3n) is 5.00. The van der Waals surface area contributed by atoms with Crippen LogP contribution < -0.4 is 20.5 Å². The first-order valence-electron chi connectivity index (χ1n) is 12.6. The van der Waals surface area contributed by atoms with Crippen LogP contribution in [0.4, 0.5) is 4.79 Å². The summed E-state index contributed by atoms with van der Waals surface area (Å²) in [6.07, 6.45) is 4.43. The topological polar surface area (TPSA) is 117 Å². The number of esters is 2. The number of amides is 1. The molecule has 2 rings (SSSR count). The second-order valence-electron chi connectivity index (χ2n) is 9.84. The van der Waals surface area contributed by atoms with Gasteiger partial charge in [-0.25, -0.2) is 14.4 Å². The van der Waals surface area contributed by atoms with E-state index in [0.29, 0.717) is 24.3 Å². The van der Waals surface area contributed by atoms with Crippen molar-refractivity contribution < 1.29 is 28.6 Å². The van der Waals surface area contributed by atoms with E-state index in [1.165, 1.54) is 0 Å². The molecule has 0 radical (unpaired) electrons. The van der Waals surface area contributed by atoms with Crippen molar-refractivity contribution in [3.05, 3.63) is 59.7 Å². The Morgan fingerprint density at radius 2 is 1.23 bits per heavy atom. The summed E-state index contributed by atoms with van der Waals surface area (Å²) < 4.78 is 15.7. The summed E-state index contributed by atoms with van der Waals surface area (Å²) in [5, 5.41) is 2.59. The highest BCUT2D eigenvalue weighted by Crippen LogP contribution is 2.15. The maximum atomic E-state index is 12.3. The fourth-order valence-electron chi connectivity index (χ4n) is 2.89. The normalized spacial score (nSPS) is 12.3. The van der Waals surface area contributed by atoms with Crippen molar-refractivity contribution >= 4 is 41.6 Å². The third-order valence-corrected chi connectivity index (χ3v) is 6.29. The summed E-state index contributed by atoms with van der Waals surface area (Å²) in [5.41, 5.74) is 7.29. The second-order valence-corrected chi connectivity index (χ2v) is 11.8. The van der Waals surface area contributed by atoms with Gasteiger partial charge in [-0.15, -0.1) is 0 Å². The van der Waals surface area contributed by atoms with Crippen molar-refractivity contribution in [3.63, 3.8) is 0 Å². The van der Waals surface area contributed by atoms with E-state index in [-0.39, 0.29) is 5.97 Å². The molecule has 0 aliphatic rings. The Labute approximate surface area is 241 Å². The first-order valence-corrected chi connectivity index (χ1v) is 15.4. The van der Waals surface area contributed by atoms with Crippen LogP contribution >= 0.6 is 23.5 Å². The van der Waals surface area contributed by atoms with Crippen LogP contribution in [0.3, 0.4) is 0 Å². The van der Waals surface area contributed by atoms with Crippen LogP contribution in [0.15, 0.2) is 48.5 Å². The quantitative estimate of drug-likeness (QED) is 0.262. The first-order chi connectivity index (χ1) is 18.3. The molecule has 10 heteroatoms. The number of ether oxygens (including phenoxy) is 3. The van der Waals surface area contributed by atoms with Crippen molar-refractivity contribution in [1.82, 2.24) is 5.32 Å². The molecule has 2 aromatic carbocycles. The van der Waals surface area contributed by atoms with Crippen molar-refractivity contribution in [2.75, 3.05) is 24.0 Å². The summed E-state index contributed by atoms with van der Waals surface area (Å²) in [5.74, 6) is 1.75. The van der Waals surface area contributed by atoms with Crippen molar-refractivity contribution in [2.24, 2.45) is 5.73 Å². The molecule has 2 unspecified atom stereocenters. The van der Waals surface area contributed by atoms with E-state index >= 15 is 0 Å². The van der Waals surface area contributed by atoms with E-state index in [1.54, 1.807) is 68.6 Å². The molecule has 0 bridgehead atoms. The van der Waals surface area contributed by atoms with Crippen LogP contribution in [0.5, 0.6) is 11.5 Å². The number of rotatable bonds is 11. The summed E-state index contributed by atoms with van der Waals surface area (Å²) in [6, 6.07) is 13.3. The molecular formula is C29H42N2O6S2. The number of benzene rings is 2. The lowest BCUT2D eigenvalue weighted by molar-refractivity contribution is -0.137. The number of carbonyl (C=O) groups excluding carboxylic acids is 3. The summed E-state index contributed by atoms with van der Waals surface area (Å²) in [4.78, 5) is 35.7. The largest absolute Gasteiger partial charge is 0.444 e. The van der Waals surface area contributed by atoms with E-state index in [0.717, 1.165) is 22.6 Å². The summed E-state index contributed by atoms with van der Waals surface area (Å²) in [6.45, 7) is 9.25. The lowest BCUT2D eigenvalue weighted by Crippen LogP contribution is -2.45. The summed E-state index contributed by atoms with van der Waals surface area (Å²) >= 11 is 3.26. The highest BCUT2D eigenvalue weighted by molar-refractivity contribution is 7.98. The molecule has 0 saturated carbocycles. The van der Waals surface area contributed by atoms with E-state index in [4.69, 9.17) is 19.9 Å². The first kappa shape index (κ1) is 34.3. The highest BCUT2D eigenvalue weighted by Gasteiger charge is 2.25. The third kappa shape index (κ3) is 15.5. The molecule has 8 nitrogen and oxygen atoms in total. The predicted molar refractivity (Wildman–Crippen MR) is 161 cm³/mol. The van der Waals surface area contributed by atoms with Gasteiger partial charge in [-0.05, 0) is 95.7 Å². The van der Waals surface area contributed by atoms with Gasteiger partial charge in [-0.2, -0.15) is 23.5 Å². The molecular weight excluding hydrogens is 536 g/mol. The monoisotopic (exact) mass is 578 g/mol. The maximum absolute atomic E-state index is 12.3. The van der Waals surface area contributed by atoms with Gasteiger partial charge in [0.2, 0.25) is 0 Å². The van der Waals surface area contributed by atoms with Crippen LogP contribution in [-0.2, 0) is 14.3 Å². The van der Waals surface area contributed by atoms with Crippen LogP contribution in [0, 0.1) is 13.8 Å². The van der Waals surface area contributed by atoms with Crippen molar-refractivity contribution in [1.29, 1.82) is 0 Å². The highest BCUT2D eigenvalue weighted by atomic mass is 32.2. The smallest absolute Gasteiger partial charge is 0.408 e. The van der Waals surface area contributed by atoms with E-state index < -0.39 is 29.7 Å². The number of thioether (sulfide) groups is 2. The number of hydrogen-bond acceptors (Lipinski definition) is 9. The Morgan fingerprint density at radius 1 is 0.795 bits per heavy atom. The van der Waals surface area contributed by atoms with Gasteiger partial charge in [0, 0.05) is 0 Å². The van der Waals surface area contributed by atoms with Crippen LogP contribution in [0.1, 0.15) is 44.7 Å². The van der Waals surface area contributed by atoms with Crippen LogP contribution in [-0.4, -0.2) is 59.7 Å². The molecule has 0 aliphatic heterocycles. The van der Waals surface area contributed by atoms with E-state index in [9.17, 15) is 14.4 Å². The lowest BCUT2D eigenvalue weighted by atomic mass is 10.2. The zero-order valence-electron chi connectivity index (χ0n) is 23.9. The summed E-state index contributed by atoms with van der Waals surface area (Å²) in [7, 11) is 0. The van der Waals surface area contributed by atoms with Gasteiger partial charge in [-0.1, -0.05) is 35.4 Å². The number of nitrogens with one attached hydrogen (secondary N) is 1. The SMILES string of the molecule is CSCCC(N)C(=O)Oc1ccc(C)cc1.CSCCC(NC(=O)OC(C)(C)C)C(=O)Oc1ccc(C)cc1. The average molecular weight is 579 g/mol. The minimum Gasteiger partial charge on any atom is -0.444 e. The minimum atomic E-state index is -0.737. The van der Waals surface area contributed by atoms with Gasteiger partial charge in [0.25, 0.3) is 0 Å². The standard InChI is InChI=1S/C17H25NO4S.C12H17NO2S/c1-12-6-8-13(9-7-12)21-15(19)14(10-11-23-5)18-16(20)22-17(2,3)4;1-9-3-5-10(6-4-9)15-12(14)11(13)7-8-16-2/h6-9,14H,10-11H2,1-5H3,(H,18,20);3-6,11H,7-8,13H2,1-2H3. The Bertz CT molecular complexity index is 1020. The molecule has 0 aliphatic carbocycles. The van der Waals surface area contributed by atoms with Gasteiger partial charge >= 0.3 is 18.0 Å². The average Bonchev–Trinajstić information content (AvgIpc) is 2.87. The zero-order valence-corrected chi connectivity index (χ0v) is 25.6. The number of aryl methyl sites for hydroxylation is 2. The number of nitrogens with two attached hydrogens (primary N) is 1. The van der Waals surface area contributed by atoms with Crippen molar-refractivity contribution in [3.8, 4) is 11.5 Å². The van der Waals surface area contributed by atoms with Gasteiger partial charge < -0.3 is 25.3 Å². The van der Waals surface area contributed by atoms with E-state index in [1.807, 2.05) is 50.6 Å². The van der Waals surface area contributed by atoms with Crippen LogP contribution in [0.2, 0.25) is 0 Å². The maximum Gasteiger partial charge on any atom is 0.408 e. The molecule has 1 amide bonds. The molecule has 2 atom stereocenters. The number of alkyl carbamates (subject to hydrolysis) is 1. The molecule has 216 valence electrons. The molecule has 0 fully saturated rings. The van der Waals surface area contributed by atoms with Gasteiger partial charge in [0.05, 0.1) is 0 Å². The molecule has 2 aromatic rings. The molecule has 0 aromatic heterocycles. The molecule has 3 N–H and O–H groups in total. The Morgan fingerprint density at radius 3 is 1.67 bits per heavy atom. The fourth-order valence-corrected chi connectivity index (χ4v) is 3.85. The molecule has 0 saturated heterocycles. The lowest BCUT2D eigenvalue weighted by Gasteiger charge is -2.22. The molecule has 0 spiro atoms. The Balaban J connectivity index is 0.000000416. The van der Waals surface area contributed by atoms with Crippen molar-refractivity contribution in [2.45, 2.75) is 65.1 Å². The van der Waals surface area contributed by atoms with Gasteiger partial charge in [0.1, 0.15) is 29.2 Å². The van der Waals surface area contributed by atoms with E-state index in [2.05, 4.69) is 5.32 Å². The second kappa shape index (κ2) is 17.8. The Kier molecular flexibility index (Phi) is 15.7. The number of hydrogen-bond donors (Lipinski definition) is 2. The van der Waals surface area contributed by atoms with Gasteiger partial charge in [0.15, 0.2) is 0 Å². The Hall–Kier alpha value is -2.69. The van der Waals surface area contributed by atoms with Crippen LogP contribution in [0.25, 0.3) is 0 Å². The zero-order chi connectivity index (χ0) is 29.4. The predicted octanol–water partition coefficient (Wildman–Crippen LogP) is 5.53. The fraction of sp³-hybridized carbons (Fsp3) is 0.483. The number of carbonyl (C=O) groups is 3. The molecule has 0 heterocycles. The van der Waals surface area contributed by atoms with Gasteiger partial charge in [-0.3, -0.25) is 0 Å². The minimum absolute atomic E-state index is 0.363. The molecule has 39 heavy (non-hydrogen) atoms.